The maximum atomic E-state index is 13.5. The molecule has 14 heteroatoms. The molecule has 5 rings (SSSR count). The fraction of sp³-hybridized carbons (Fsp3) is 0.552. The number of nitrogen functional groups attached to an aromatic ring is 1. The number of rotatable bonds is 8. The van der Waals surface area contributed by atoms with Gasteiger partial charge in [0.05, 0.1) is 6.54 Å². The van der Waals surface area contributed by atoms with Gasteiger partial charge in [-0.2, -0.15) is 0 Å². The van der Waals surface area contributed by atoms with E-state index < -0.39 is 17.7 Å². The summed E-state index contributed by atoms with van der Waals surface area (Å²) >= 11 is 5.06. The van der Waals surface area contributed by atoms with E-state index in [1.807, 2.05) is 35.4 Å². The molecule has 2 aliphatic heterocycles. The molecule has 0 spiro atoms. The Morgan fingerprint density at radius 1 is 1.30 bits per heavy atom. The topological polar surface area (TPSA) is 149 Å². The van der Waals surface area contributed by atoms with Crippen molar-refractivity contribution < 1.29 is 28.4 Å². The first kappa shape index (κ1) is 31.2. The van der Waals surface area contributed by atoms with E-state index in [0.29, 0.717) is 53.5 Å². The molecule has 43 heavy (non-hydrogen) atoms. The highest BCUT2D eigenvalue weighted by molar-refractivity contribution is 9.10. The number of aromatic amines is 1. The van der Waals surface area contributed by atoms with E-state index in [4.69, 9.17) is 24.9 Å². The number of alkyl carbamates (subject to hydrolysis) is 1. The first-order chi connectivity index (χ1) is 20.4. The van der Waals surface area contributed by atoms with Gasteiger partial charge in [-0.05, 0) is 91.7 Å². The quantitative estimate of drug-likeness (QED) is 0.290. The molecular weight excluding hydrogens is 638 g/mol. The Morgan fingerprint density at radius 2 is 2.05 bits per heavy atom. The lowest BCUT2D eigenvalue weighted by Gasteiger charge is -2.36. The van der Waals surface area contributed by atoms with Crippen LogP contribution in [-0.4, -0.2) is 63.4 Å². The lowest BCUT2D eigenvalue weighted by molar-refractivity contribution is -0.677. The first-order valence-corrected chi connectivity index (χ1v) is 16.1. The van der Waals surface area contributed by atoms with Gasteiger partial charge >= 0.3 is 6.09 Å². The van der Waals surface area contributed by atoms with Gasteiger partial charge in [0.2, 0.25) is 30.0 Å². The maximum Gasteiger partial charge on any atom is 0.408 e. The Kier molecular flexibility index (Phi) is 9.26. The normalized spacial score (nSPS) is 17.4. The minimum absolute atomic E-state index is 0.0709. The lowest BCUT2D eigenvalue weighted by atomic mass is 9.93. The highest BCUT2D eigenvalue weighted by atomic mass is 79.9. The zero-order valence-corrected chi connectivity index (χ0v) is 27.5. The van der Waals surface area contributed by atoms with Crippen LogP contribution in [0.5, 0.6) is 11.5 Å². The Balaban J connectivity index is 1.24. The van der Waals surface area contributed by atoms with E-state index in [2.05, 4.69) is 31.2 Å². The van der Waals surface area contributed by atoms with Crippen LogP contribution >= 0.6 is 27.7 Å². The average molecular weight is 678 g/mol. The van der Waals surface area contributed by atoms with Crippen molar-refractivity contribution in [2.24, 2.45) is 11.8 Å². The number of anilines is 1. The number of fused-ring (bicyclic) bond motifs is 2. The van der Waals surface area contributed by atoms with Crippen molar-refractivity contribution in [1.82, 2.24) is 25.2 Å². The van der Waals surface area contributed by atoms with Gasteiger partial charge in [-0.25, -0.2) is 9.36 Å². The first-order valence-electron chi connectivity index (χ1n) is 14.5. The molecule has 1 aromatic carbocycles. The van der Waals surface area contributed by atoms with Gasteiger partial charge < -0.3 is 35.1 Å². The summed E-state index contributed by atoms with van der Waals surface area (Å²) in [4.78, 5) is 41.3. The Morgan fingerprint density at radius 3 is 2.77 bits per heavy atom. The number of nitrogens with zero attached hydrogens (tertiary/aromatic N) is 4. The van der Waals surface area contributed by atoms with E-state index in [1.54, 1.807) is 27.1 Å². The second-order valence-electron chi connectivity index (χ2n) is 12.3. The number of H-pyrrole nitrogens is 1. The monoisotopic (exact) mass is 676 g/mol. The predicted molar refractivity (Wildman–Crippen MR) is 165 cm³/mol. The molecular formula is C29H39BrN7O5S+. The van der Waals surface area contributed by atoms with Crippen molar-refractivity contribution in [3.05, 3.63) is 22.9 Å². The molecule has 2 atom stereocenters. The van der Waals surface area contributed by atoms with Crippen LogP contribution in [0.15, 0.2) is 33.0 Å². The number of nitrogens with two attached hydrogens (primary N) is 1. The number of piperidine rings is 1. The number of hydrogen-bond donors (Lipinski definition) is 3. The number of benzene rings is 1. The largest absolute Gasteiger partial charge is 0.454 e. The predicted octanol–water partition coefficient (Wildman–Crippen LogP) is 4.65. The molecule has 0 bridgehead atoms. The van der Waals surface area contributed by atoms with Gasteiger partial charge in [0, 0.05) is 22.5 Å². The summed E-state index contributed by atoms with van der Waals surface area (Å²) < 4.78 is 19.3. The molecule has 2 aliphatic rings. The van der Waals surface area contributed by atoms with Gasteiger partial charge in [0.25, 0.3) is 5.65 Å². The number of carbonyl (C=O) groups is 2. The second kappa shape index (κ2) is 12.8. The van der Waals surface area contributed by atoms with Gasteiger partial charge in [0.15, 0.2) is 17.0 Å². The molecule has 1 fully saturated rings. The van der Waals surface area contributed by atoms with Gasteiger partial charge in [-0.3, -0.25) is 4.79 Å². The number of imidazole rings is 1. The van der Waals surface area contributed by atoms with Gasteiger partial charge in [-0.1, -0.05) is 23.8 Å². The van der Waals surface area contributed by atoms with Crippen LogP contribution in [0.1, 0.15) is 53.9 Å². The van der Waals surface area contributed by atoms with Crippen molar-refractivity contribution in [3.63, 3.8) is 0 Å². The third kappa shape index (κ3) is 7.46. The molecule has 0 radical (unpaired) electrons. The van der Waals surface area contributed by atoms with Crippen LogP contribution in [0, 0.1) is 11.8 Å². The number of aromatic nitrogens is 4. The number of aryl methyl sites for hydroxylation is 1. The Hall–Kier alpha value is -3.26. The standard InChI is InChI=1S/C29H38BrN7O5S/c1-16(2)22(34-28(39)42-29(3,4)5)26(38)36-9-6-7-17(13-36)8-10-37-14-32-24(31)23-25(37)35-27(33-23)43-21-12-20-19(11-18(21)30)40-15-41-20/h11-12,14,16-17,22H,6-10,13,15H2,1-5H3,(H3,31,33,34,35,39)/p+1/t17?,22-/m0/s1. The van der Waals surface area contributed by atoms with E-state index in [1.165, 1.54) is 11.8 Å². The van der Waals surface area contributed by atoms with Crippen molar-refractivity contribution in [2.45, 2.75) is 82.1 Å². The number of nitrogens with one attached hydrogen (secondary N) is 2. The van der Waals surface area contributed by atoms with Crippen LogP contribution in [0.2, 0.25) is 0 Å². The number of likely N-dealkylation sites (tertiary alicyclic amines) is 1. The molecule has 2 aromatic heterocycles. The van der Waals surface area contributed by atoms with Gasteiger partial charge in [-0.15, -0.1) is 0 Å². The van der Waals surface area contributed by atoms with Crippen LogP contribution in [-0.2, 0) is 16.1 Å². The molecule has 0 saturated carbocycles. The molecule has 4 N–H and O–H groups in total. The summed E-state index contributed by atoms with van der Waals surface area (Å²) in [6.07, 6.45) is 3.90. The summed E-state index contributed by atoms with van der Waals surface area (Å²) in [5, 5.41) is 3.47. The van der Waals surface area contributed by atoms with E-state index in [0.717, 1.165) is 34.3 Å². The second-order valence-corrected chi connectivity index (χ2v) is 14.1. The molecule has 12 nitrogen and oxygen atoms in total. The minimum atomic E-state index is -0.645. The maximum absolute atomic E-state index is 13.5. The van der Waals surface area contributed by atoms with Crippen molar-refractivity contribution in [3.8, 4) is 11.5 Å². The summed E-state index contributed by atoms with van der Waals surface area (Å²) in [6, 6.07) is 3.16. The molecule has 1 saturated heterocycles. The average Bonchev–Trinajstić information content (AvgIpc) is 3.57. The Bertz CT molecular complexity index is 1510. The zero-order valence-electron chi connectivity index (χ0n) is 25.1. The van der Waals surface area contributed by atoms with Crippen molar-refractivity contribution in [1.29, 1.82) is 0 Å². The van der Waals surface area contributed by atoms with Crippen LogP contribution < -0.4 is 25.1 Å². The molecule has 232 valence electrons. The number of ether oxygens (including phenoxy) is 3. The highest BCUT2D eigenvalue weighted by Crippen LogP contribution is 2.42. The lowest BCUT2D eigenvalue weighted by Crippen LogP contribution is -2.54. The third-order valence-electron chi connectivity index (χ3n) is 7.37. The number of hydrogen-bond acceptors (Lipinski definition) is 9. The van der Waals surface area contributed by atoms with Crippen molar-refractivity contribution >= 4 is 56.7 Å². The summed E-state index contributed by atoms with van der Waals surface area (Å²) in [6.45, 7) is 11.4. The van der Waals surface area contributed by atoms with E-state index in [-0.39, 0.29) is 18.6 Å². The summed E-state index contributed by atoms with van der Waals surface area (Å²) in [5.41, 5.74) is 6.97. The molecule has 0 aliphatic carbocycles. The van der Waals surface area contributed by atoms with Gasteiger partial charge in [0.1, 0.15) is 11.6 Å². The minimum Gasteiger partial charge on any atom is -0.454 e. The molecule has 4 heterocycles. The van der Waals surface area contributed by atoms with E-state index >= 15 is 0 Å². The summed E-state index contributed by atoms with van der Waals surface area (Å²) in [5.74, 6) is 1.92. The third-order valence-corrected chi connectivity index (χ3v) is 9.24. The Labute approximate surface area is 263 Å². The zero-order chi connectivity index (χ0) is 30.9. The smallest absolute Gasteiger partial charge is 0.408 e. The molecule has 3 aromatic rings. The highest BCUT2D eigenvalue weighted by Gasteiger charge is 2.33. The van der Waals surface area contributed by atoms with Crippen LogP contribution in [0.4, 0.5) is 10.6 Å². The fourth-order valence-corrected chi connectivity index (χ4v) is 6.62. The summed E-state index contributed by atoms with van der Waals surface area (Å²) in [7, 11) is 0. The molecule has 2 amide bonds. The number of carbonyl (C=O) groups excluding carboxylic acids is 2. The SMILES string of the molecule is CC(C)[C@H](NC(=O)OC(C)(C)C)C(=O)N1CCCC(CC[n+]2cnc(N)c3[nH]c(Sc4cc5c(cc4Br)OCO5)nc32)C1. The fourth-order valence-electron chi connectivity index (χ4n) is 5.24. The number of amides is 2. The van der Waals surface area contributed by atoms with E-state index in [9.17, 15) is 9.59 Å². The number of halogens is 1. The van der Waals surface area contributed by atoms with Crippen LogP contribution in [0.25, 0.3) is 11.2 Å². The molecule has 1 unspecified atom stereocenters. The van der Waals surface area contributed by atoms with Crippen molar-refractivity contribution in [2.75, 3.05) is 25.6 Å². The van der Waals surface area contributed by atoms with Crippen LogP contribution in [0.3, 0.4) is 0 Å².